The van der Waals surface area contributed by atoms with E-state index in [2.05, 4.69) is 10.6 Å². The predicted octanol–water partition coefficient (Wildman–Crippen LogP) is -0.0943. The summed E-state index contributed by atoms with van der Waals surface area (Å²) in [7, 11) is 0. The highest BCUT2D eigenvalue weighted by molar-refractivity contribution is 5.92. The van der Waals surface area contributed by atoms with Crippen molar-refractivity contribution in [2.24, 2.45) is 5.73 Å². The topological polar surface area (TPSA) is 87.5 Å². The third-order valence-corrected chi connectivity index (χ3v) is 3.25. The zero-order valence-corrected chi connectivity index (χ0v) is 11.4. The molecule has 20 heavy (non-hydrogen) atoms. The molecule has 1 aliphatic heterocycles. The molecule has 0 atom stereocenters. The zero-order valence-electron chi connectivity index (χ0n) is 11.4. The Morgan fingerprint density at radius 2 is 2.05 bits per heavy atom. The fraction of sp³-hybridized carbons (Fsp3) is 0.429. The van der Waals surface area contributed by atoms with Crippen LogP contribution in [0.2, 0.25) is 0 Å². The lowest BCUT2D eigenvalue weighted by Crippen LogP contribution is -2.35. The van der Waals surface area contributed by atoms with Gasteiger partial charge in [0.1, 0.15) is 0 Å². The van der Waals surface area contributed by atoms with Crippen LogP contribution in [0.4, 0.5) is 5.69 Å². The Bertz CT molecular complexity index is 473. The minimum Gasteiger partial charge on any atom is -0.355 e. The van der Waals surface area contributed by atoms with Crippen LogP contribution >= 0.6 is 0 Å². The van der Waals surface area contributed by atoms with E-state index in [-0.39, 0.29) is 11.8 Å². The van der Waals surface area contributed by atoms with E-state index in [1.54, 1.807) is 0 Å². The maximum absolute atomic E-state index is 11.9. The maximum atomic E-state index is 11.9. The van der Waals surface area contributed by atoms with Crippen LogP contribution in [-0.4, -0.2) is 42.9 Å². The Balaban J connectivity index is 1.83. The van der Waals surface area contributed by atoms with Crippen LogP contribution in [0, 0.1) is 0 Å². The van der Waals surface area contributed by atoms with Gasteiger partial charge in [-0.1, -0.05) is 12.1 Å². The van der Waals surface area contributed by atoms with Crippen molar-refractivity contribution in [3.63, 3.8) is 0 Å². The summed E-state index contributed by atoms with van der Waals surface area (Å²) < 4.78 is 0. The van der Waals surface area contributed by atoms with Crippen LogP contribution in [0.25, 0.3) is 0 Å². The Morgan fingerprint density at radius 3 is 2.75 bits per heavy atom. The van der Waals surface area contributed by atoms with Gasteiger partial charge < -0.3 is 16.4 Å². The smallest absolute Gasteiger partial charge is 0.238 e. The van der Waals surface area contributed by atoms with Crippen molar-refractivity contribution in [1.82, 2.24) is 10.2 Å². The van der Waals surface area contributed by atoms with Crippen LogP contribution in [0.15, 0.2) is 24.3 Å². The first-order valence-electron chi connectivity index (χ1n) is 6.75. The molecule has 0 bridgehead atoms. The van der Waals surface area contributed by atoms with Gasteiger partial charge in [0.15, 0.2) is 0 Å². The average molecular weight is 276 g/mol. The molecule has 4 N–H and O–H groups in total. The second-order valence-electron chi connectivity index (χ2n) is 4.83. The number of benzene rings is 1. The molecule has 0 aromatic heterocycles. The molecule has 0 radical (unpaired) electrons. The van der Waals surface area contributed by atoms with E-state index >= 15 is 0 Å². The molecular formula is C14H20N4O2. The van der Waals surface area contributed by atoms with Crippen molar-refractivity contribution >= 4 is 17.5 Å². The van der Waals surface area contributed by atoms with Gasteiger partial charge in [0.25, 0.3) is 0 Å². The minimum atomic E-state index is -0.0696. The second kappa shape index (κ2) is 7.02. The van der Waals surface area contributed by atoms with Gasteiger partial charge in [0.2, 0.25) is 11.8 Å². The Hall–Kier alpha value is -1.92. The fourth-order valence-corrected chi connectivity index (χ4v) is 2.10. The molecule has 0 aliphatic carbocycles. The summed E-state index contributed by atoms with van der Waals surface area (Å²) in [6.07, 6.45) is 0.443. The summed E-state index contributed by atoms with van der Waals surface area (Å²) in [6.45, 7) is 2.70. The van der Waals surface area contributed by atoms with E-state index in [9.17, 15) is 9.59 Å². The lowest BCUT2D eigenvalue weighted by molar-refractivity contribution is -0.121. The standard InChI is InChI=1S/C14H20N4O2/c15-9-11-1-3-12(4-2-11)17-14(20)10-18-7-5-13(19)16-6-8-18/h1-4H,5-10,15H2,(H,16,19)(H,17,20). The van der Waals surface area contributed by atoms with Crippen LogP contribution < -0.4 is 16.4 Å². The Morgan fingerprint density at radius 1 is 1.30 bits per heavy atom. The molecule has 108 valence electrons. The van der Waals surface area contributed by atoms with Crippen LogP contribution in [0.1, 0.15) is 12.0 Å². The van der Waals surface area contributed by atoms with Gasteiger partial charge in [0, 0.05) is 38.3 Å². The summed E-state index contributed by atoms with van der Waals surface area (Å²) >= 11 is 0. The summed E-state index contributed by atoms with van der Waals surface area (Å²) in [4.78, 5) is 25.1. The molecule has 1 heterocycles. The number of amides is 2. The average Bonchev–Trinajstić information content (AvgIpc) is 2.64. The molecule has 6 heteroatoms. The van der Waals surface area contributed by atoms with E-state index in [0.717, 1.165) is 11.3 Å². The SMILES string of the molecule is NCc1ccc(NC(=O)CN2CCNC(=O)CC2)cc1. The van der Waals surface area contributed by atoms with Gasteiger partial charge in [-0.3, -0.25) is 14.5 Å². The predicted molar refractivity (Wildman–Crippen MR) is 77.0 cm³/mol. The van der Waals surface area contributed by atoms with E-state index in [4.69, 9.17) is 5.73 Å². The van der Waals surface area contributed by atoms with Crippen molar-refractivity contribution in [2.75, 3.05) is 31.5 Å². The van der Waals surface area contributed by atoms with Crippen LogP contribution in [0.5, 0.6) is 0 Å². The first kappa shape index (κ1) is 14.5. The molecule has 1 aliphatic rings. The Labute approximate surface area is 118 Å². The highest BCUT2D eigenvalue weighted by Crippen LogP contribution is 2.09. The number of rotatable bonds is 4. The maximum Gasteiger partial charge on any atom is 0.238 e. The van der Waals surface area contributed by atoms with Crippen molar-refractivity contribution in [3.05, 3.63) is 29.8 Å². The van der Waals surface area contributed by atoms with Gasteiger partial charge in [-0.2, -0.15) is 0 Å². The lowest BCUT2D eigenvalue weighted by atomic mass is 10.2. The number of carbonyl (C=O) groups excluding carboxylic acids is 2. The summed E-state index contributed by atoms with van der Waals surface area (Å²) in [5.41, 5.74) is 7.31. The van der Waals surface area contributed by atoms with Gasteiger partial charge in [-0.05, 0) is 17.7 Å². The third kappa shape index (κ3) is 4.32. The van der Waals surface area contributed by atoms with Crippen LogP contribution in [-0.2, 0) is 16.1 Å². The monoisotopic (exact) mass is 276 g/mol. The minimum absolute atomic E-state index is 0.0466. The van der Waals surface area contributed by atoms with Gasteiger partial charge in [0.05, 0.1) is 6.54 Å². The highest BCUT2D eigenvalue weighted by atomic mass is 16.2. The largest absolute Gasteiger partial charge is 0.355 e. The van der Waals surface area contributed by atoms with Gasteiger partial charge in [-0.25, -0.2) is 0 Å². The Kier molecular flexibility index (Phi) is 5.09. The number of nitrogens with one attached hydrogen (secondary N) is 2. The molecule has 2 amide bonds. The number of anilines is 1. The molecule has 1 aromatic carbocycles. The summed E-state index contributed by atoms with van der Waals surface area (Å²) in [5, 5.41) is 5.63. The number of carbonyl (C=O) groups is 2. The van der Waals surface area contributed by atoms with Crippen molar-refractivity contribution in [3.8, 4) is 0 Å². The van der Waals surface area contributed by atoms with E-state index in [0.29, 0.717) is 39.1 Å². The highest BCUT2D eigenvalue weighted by Gasteiger charge is 2.15. The van der Waals surface area contributed by atoms with Gasteiger partial charge >= 0.3 is 0 Å². The first-order chi connectivity index (χ1) is 9.67. The third-order valence-electron chi connectivity index (χ3n) is 3.25. The molecular weight excluding hydrogens is 256 g/mol. The molecule has 0 spiro atoms. The molecule has 0 saturated carbocycles. The van der Waals surface area contributed by atoms with Gasteiger partial charge in [-0.15, -0.1) is 0 Å². The number of hydrogen-bond donors (Lipinski definition) is 3. The lowest BCUT2D eigenvalue weighted by Gasteiger charge is -2.18. The van der Waals surface area contributed by atoms with E-state index < -0.39 is 0 Å². The zero-order chi connectivity index (χ0) is 14.4. The molecule has 2 rings (SSSR count). The molecule has 1 fully saturated rings. The van der Waals surface area contributed by atoms with Crippen molar-refractivity contribution in [2.45, 2.75) is 13.0 Å². The fourth-order valence-electron chi connectivity index (χ4n) is 2.10. The molecule has 1 aromatic rings. The summed E-state index contributed by atoms with van der Waals surface area (Å²) in [5.74, 6) is -0.0230. The number of nitrogens with zero attached hydrogens (tertiary/aromatic N) is 1. The summed E-state index contributed by atoms with van der Waals surface area (Å²) in [6, 6.07) is 7.47. The van der Waals surface area contributed by atoms with E-state index in [1.807, 2.05) is 29.2 Å². The normalized spacial score (nSPS) is 16.4. The number of nitrogens with two attached hydrogens (primary N) is 1. The van der Waals surface area contributed by atoms with Crippen molar-refractivity contribution < 1.29 is 9.59 Å². The molecule has 0 unspecified atom stereocenters. The number of hydrogen-bond acceptors (Lipinski definition) is 4. The first-order valence-corrected chi connectivity index (χ1v) is 6.75. The van der Waals surface area contributed by atoms with E-state index in [1.165, 1.54) is 0 Å². The second-order valence-corrected chi connectivity index (χ2v) is 4.83. The van der Waals surface area contributed by atoms with Crippen molar-refractivity contribution in [1.29, 1.82) is 0 Å². The van der Waals surface area contributed by atoms with Crippen LogP contribution in [0.3, 0.4) is 0 Å². The molecule has 6 nitrogen and oxygen atoms in total. The molecule has 1 saturated heterocycles. The quantitative estimate of drug-likeness (QED) is 0.717.